The molecule has 2 aromatic carbocycles. The van der Waals surface area contributed by atoms with Gasteiger partial charge >= 0.3 is 24.4 Å². The molecule has 3 aliphatic heterocycles. The van der Waals surface area contributed by atoms with Crippen LogP contribution in [0.1, 0.15) is 72.8 Å². The number of nitrogens with zero attached hydrogens (tertiary/aromatic N) is 6. The van der Waals surface area contributed by atoms with E-state index in [2.05, 4.69) is 20.3 Å². The van der Waals surface area contributed by atoms with Crippen LogP contribution < -0.4 is 15.0 Å². The van der Waals surface area contributed by atoms with Crippen LogP contribution in [0.25, 0.3) is 32.2 Å². The predicted octanol–water partition coefficient (Wildman–Crippen LogP) is 8.95. The standard InChI is InChI=1S/C39H45F6N7O5S/c1-36(2,3)56-34(53)49-33-47-29-22(9-10-25(41)30(29)58-33)26-24(39(43,44)45)15-23-28(27(26)42)46-32(55-19-38-12-8-13-52(38)17-20(40)16-38)48-31(23)50(7)21-11-14-51(18-21)35(54)57-37(4,5)6/h9-10,15,20-21H,8,11-14,16-19H2,1-7H3,(H,47,49,53)/t20-,21-,38+/m1/s1. The van der Waals surface area contributed by atoms with Crippen molar-refractivity contribution in [1.82, 2.24) is 24.8 Å². The Bertz CT molecular complexity index is 2260. The second kappa shape index (κ2) is 14.9. The second-order valence-electron chi connectivity index (χ2n) is 17.1. The first-order chi connectivity index (χ1) is 27.0. The van der Waals surface area contributed by atoms with Crippen LogP contribution in [0.5, 0.6) is 6.01 Å². The van der Waals surface area contributed by atoms with Gasteiger partial charge in [-0.05, 0) is 85.5 Å². The Kier molecular flexibility index (Phi) is 10.6. The van der Waals surface area contributed by atoms with Crippen molar-refractivity contribution < 1.29 is 50.1 Å². The van der Waals surface area contributed by atoms with Gasteiger partial charge in [-0.15, -0.1) is 0 Å². The summed E-state index contributed by atoms with van der Waals surface area (Å²) in [6.45, 7) is 11.3. The van der Waals surface area contributed by atoms with Crippen LogP contribution in [0.2, 0.25) is 0 Å². The summed E-state index contributed by atoms with van der Waals surface area (Å²) in [5.74, 6) is -2.35. The summed E-state index contributed by atoms with van der Waals surface area (Å²) in [4.78, 5) is 43.6. The minimum absolute atomic E-state index is 0.0438. The van der Waals surface area contributed by atoms with E-state index in [1.54, 1.807) is 53.5 Å². The molecule has 1 N–H and O–H groups in total. The Balaban J connectivity index is 1.36. The fraction of sp³-hybridized carbons (Fsp3) is 0.564. The minimum atomic E-state index is -5.15. The SMILES string of the molecule is CN(c1nc(OC[C@@]23CCCN2C[C@H](F)C3)nc2c(F)c(-c3ccc(F)c4sc(NC(=O)OC(C)(C)C)nc34)c(C(F)(F)F)cc12)[C@@H]1CCN(C(=O)OC(C)(C)C)C1. The quantitative estimate of drug-likeness (QED) is 0.181. The van der Waals surface area contributed by atoms with E-state index < -0.39 is 81.2 Å². The smallest absolute Gasteiger partial charge is 0.417 e. The van der Waals surface area contributed by atoms with E-state index in [4.69, 9.17) is 14.2 Å². The molecule has 2 amide bonds. The number of ether oxygens (including phenoxy) is 3. The van der Waals surface area contributed by atoms with Crippen LogP contribution in [0.3, 0.4) is 0 Å². The maximum Gasteiger partial charge on any atom is 0.417 e. The molecule has 3 aliphatic rings. The molecule has 0 unspecified atom stereocenters. The zero-order chi connectivity index (χ0) is 42.1. The Morgan fingerprint density at radius 3 is 2.41 bits per heavy atom. The number of thiazole rings is 1. The number of hydrogen-bond acceptors (Lipinski definition) is 11. The first-order valence-electron chi connectivity index (χ1n) is 19.0. The van der Waals surface area contributed by atoms with E-state index in [0.717, 1.165) is 24.6 Å². The van der Waals surface area contributed by atoms with Gasteiger partial charge in [0.25, 0.3) is 0 Å². The summed E-state index contributed by atoms with van der Waals surface area (Å²) >= 11 is 0.642. The number of carbonyl (C=O) groups excluding carboxylic acids is 2. The number of alkyl halides is 4. The number of halogens is 6. The topological polar surface area (TPSA) is 122 Å². The highest BCUT2D eigenvalue weighted by atomic mass is 32.1. The molecule has 0 spiro atoms. The van der Waals surface area contributed by atoms with Gasteiger partial charge in [0.2, 0.25) is 0 Å². The average molecular weight is 838 g/mol. The first-order valence-corrected chi connectivity index (χ1v) is 19.8. The maximum absolute atomic E-state index is 17.3. The lowest BCUT2D eigenvalue weighted by Gasteiger charge is -2.31. The molecule has 2 aromatic heterocycles. The van der Waals surface area contributed by atoms with Crippen LogP contribution >= 0.6 is 11.3 Å². The third-order valence-electron chi connectivity index (χ3n) is 10.5. The van der Waals surface area contributed by atoms with E-state index in [-0.39, 0.29) is 65.2 Å². The zero-order valence-corrected chi connectivity index (χ0v) is 34.0. The third-order valence-corrected chi connectivity index (χ3v) is 11.5. The molecule has 314 valence electrons. The Hall–Kier alpha value is -4.65. The number of hydrogen-bond donors (Lipinski definition) is 1. The summed E-state index contributed by atoms with van der Waals surface area (Å²) in [5.41, 5.74) is -5.94. The number of amides is 2. The molecule has 5 heterocycles. The first kappa shape index (κ1) is 41.5. The number of nitrogens with one attached hydrogen (secondary N) is 1. The Morgan fingerprint density at radius 2 is 1.72 bits per heavy atom. The number of benzene rings is 2. The van der Waals surface area contributed by atoms with Gasteiger partial charge in [-0.1, -0.05) is 11.3 Å². The molecule has 7 rings (SSSR count). The van der Waals surface area contributed by atoms with Crippen molar-refractivity contribution in [1.29, 1.82) is 0 Å². The van der Waals surface area contributed by atoms with Crippen LogP contribution in [0.15, 0.2) is 18.2 Å². The van der Waals surface area contributed by atoms with Crippen molar-refractivity contribution in [2.45, 2.75) is 102 Å². The fourth-order valence-corrected chi connectivity index (χ4v) is 8.89. The molecular formula is C39H45F6N7O5S. The summed E-state index contributed by atoms with van der Waals surface area (Å²) in [6.07, 6.45) is -5.66. The highest BCUT2D eigenvalue weighted by Crippen LogP contribution is 2.47. The van der Waals surface area contributed by atoms with Gasteiger partial charge in [-0.25, -0.2) is 27.7 Å². The van der Waals surface area contributed by atoms with Gasteiger partial charge in [0.15, 0.2) is 10.9 Å². The number of likely N-dealkylation sites (tertiary alicyclic amines) is 1. The summed E-state index contributed by atoms with van der Waals surface area (Å²) in [6, 6.07) is 1.81. The average Bonchev–Trinajstić information content (AvgIpc) is 3.89. The minimum Gasteiger partial charge on any atom is -0.461 e. The molecule has 3 saturated heterocycles. The highest BCUT2D eigenvalue weighted by molar-refractivity contribution is 7.22. The van der Waals surface area contributed by atoms with Gasteiger partial charge in [-0.2, -0.15) is 23.1 Å². The normalized spacial score (nSPS) is 21.5. The van der Waals surface area contributed by atoms with Crippen LogP contribution in [-0.4, -0.2) is 106 Å². The number of anilines is 2. The van der Waals surface area contributed by atoms with E-state index in [9.17, 15) is 14.0 Å². The lowest BCUT2D eigenvalue weighted by atomic mass is 9.95. The molecule has 12 nitrogen and oxygen atoms in total. The predicted molar refractivity (Wildman–Crippen MR) is 206 cm³/mol. The highest BCUT2D eigenvalue weighted by Gasteiger charge is 2.49. The lowest BCUT2D eigenvalue weighted by molar-refractivity contribution is -0.137. The van der Waals surface area contributed by atoms with Gasteiger partial charge in [0.1, 0.15) is 41.1 Å². The molecule has 0 radical (unpaired) electrons. The number of rotatable bonds is 7. The molecule has 3 fully saturated rings. The van der Waals surface area contributed by atoms with Gasteiger partial charge in [0.05, 0.1) is 21.3 Å². The zero-order valence-electron chi connectivity index (χ0n) is 33.2. The molecule has 19 heteroatoms. The van der Waals surface area contributed by atoms with E-state index in [1.165, 1.54) is 4.90 Å². The van der Waals surface area contributed by atoms with Crippen LogP contribution in [0.4, 0.5) is 46.9 Å². The largest absolute Gasteiger partial charge is 0.461 e. The molecule has 0 aliphatic carbocycles. The molecule has 0 bridgehead atoms. The van der Waals surface area contributed by atoms with Crippen molar-refractivity contribution in [3.63, 3.8) is 0 Å². The Labute approximate surface area is 334 Å². The van der Waals surface area contributed by atoms with Gasteiger partial charge in [0, 0.05) is 55.7 Å². The molecule has 4 aromatic rings. The van der Waals surface area contributed by atoms with Crippen molar-refractivity contribution in [2.75, 3.05) is 50.1 Å². The van der Waals surface area contributed by atoms with Crippen LogP contribution in [0, 0.1) is 11.6 Å². The number of aromatic nitrogens is 3. The summed E-state index contributed by atoms with van der Waals surface area (Å²) in [7, 11) is 1.58. The monoisotopic (exact) mass is 837 g/mol. The molecule has 3 atom stereocenters. The number of carbonyl (C=O) groups is 2. The molecule has 0 saturated carbocycles. The van der Waals surface area contributed by atoms with Crippen molar-refractivity contribution >= 4 is 55.6 Å². The van der Waals surface area contributed by atoms with E-state index in [0.29, 0.717) is 30.7 Å². The van der Waals surface area contributed by atoms with Crippen LogP contribution in [-0.2, 0) is 15.7 Å². The van der Waals surface area contributed by atoms with Gasteiger partial charge in [-0.3, -0.25) is 10.2 Å². The lowest BCUT2D eigenvalue weighted by Crippen LogP contribution is -2.43. The van der Waals surface area contributed by atoms with Crippen molar-refractivity contribution in [2.24, 2.45) is 0 Å². The fourth-order valence-electron chi connectivity index (χ4n) is 8.00. The third kappa shape index (κ3) is 8.28. The maximum atomic E-state index is 17.3. The summed E-state index contributed by atoms with van der Waals surface area (Å²) in [5, 5.41) is 1.89. The van der Waals surface area contributed by atoms with Crippen molar-refractivity contribution in [3.8, 4) is 17.1 Å². The molecule has 58 heavy (non-hydrogen) atoms. The van der Waals surface area contributed by atoms with E-state index in [1.807, 2.05) is 4.90 Å². The number of fused-ring (bicyclic) bond motifs is 3. The van der Waals surface area contributed by atoms with Gasteiger partial charge < -0.3 is 24.0 Å². The Morgan fingerprint density at radius 1 is 1.00 bits per heavy atom. The molecular weight excluding hydrogens is 793 g/mol. The van der Waals surface area contributed by atoms with Crippen molar-refractivity contribution in [3.05, 3.63) is 35.4 Å². The number of likely N-dealkylation sites (N-methyl/N-ethyl adjacent to an activating group) is 1. The summed E-state index contributed by atoms with van der Waals surface area (Å²) < 4.78 is 109. The van der Waals surface area contributed by atoms with E-state index >= 15 is 22.0 Å². The second-order valence-corrected chi connectivity index (χ2v) is 18.1.